The van der Waals surface area contributed by atoms with Gasteiger partial charge in [0.05, 0.1) is 24.2 Å². The highest BCUT2D eigenvalue weighted by Gasteiger charge is 2.20. The van der Waals surface area contributed by atoms with E-state index in [0.29, 0.717) is 25.0 Å². The maximum atomic E-state index is 11.9. The number of hydrogen-bond acceptors (Lipinski definition) is 5. The number of methoxy groups -OCH3 is 1. The lowest BCUT2D eigenvalue weighted by atomic mass is 9.98. The monoisotopic (exact) mass is 348 g/mol. The molecule has 0 aliphatic carbocycles. The van der Waals surface area contributed by atoms with Crippen LogP contribution in [0.3, 0.4) is 0 Å². The molecule has 1 heterocycles. The summed E-state index contributed by atoms with van der Waals surface area (Å²) in [4.78, 5) is 27.5. The molecule has 24 heavy (non-hydrogen) atoms. The number of thiazole rings is 1. The third-order valence-corrected chi connectivity index (χ3v) is 4.28. The Labute approximate surface area is 144 Å². The van der Waals surface area contributed by atoms with Gasteiger partial charge in [-0.15, -0.1) is 11.3 Å². The highest BCUT2D eigenvalue weighted by molar-refractivity contribution is 7.07. The van der Waals surface area contributed by atoms with Crippen LogP contribution in [0.1, 0.15) is 17.7 Å². The van der Waals surface area contributed by atoms with E-state index in [1.54, 1.807) is 18.7 Å². The van der Waals surface area contributed by atoms with Crippen molar-refractivity contribution in [1.29, 1.82) is 0 Å². The van der Waals surface area contributed by atoms with Crippen LogP contribution in [0.25, 0.3) is 0 Å². The Kier molecular flexibility index (Phi) is 6.74. The molecule has 0 aliphatic heterocycles. The number of benzene rings is 1. The molecule has 0 fully saturated rings. The second-order valence-electron chi connectivity index (χ2n) is 5.33. The molecule has 1 unspecified atom stereocenters. The number of aromatic nitrogens is 1. The maximum absolute atomic E-state index is 11.9. The van der Waals surface area contributed by atoms with Crippen LogP contribution in [0.15, 0.2) is 35.2 Å². The zero-order chi connectivity index (χ0) is 17.4. The van der Waals surface area contributed by atoms with Crippen LogP contribution in [-0.2, 0) is 22.4 Å². The lowest BCUT2D eigenvalue weighted by molar-refractivity contribution is -0.141. The number of amides is 1. The van der Waals surface area contributed by atoms with Crippen molar-refractivity contribution in [2.45, 2.75) is 19.3 Å². The Morgan fingerprint density at radius 2 is 2.17 bits per heavy atom. The average Bonchev–Trinajstić information content (AvgIpc) is 3.10. The first kappa shape index (κ1) is 17.9. The van der Waals surface area contributed by atoms with Crippen molar-refractivity contribution >= 4 is 23.2 Å². The van der Waals surface area contributed by atoms with Crippen LogP contribution < -0.4 is 10.1 Å². The van der Waals surface area contributed by atoms with Crippen LogP contribution >= 0.6 is 11.3 Å². The number of carboxylic acids is 1. The molecular weight excluding hydrogens is 328 g/mol. The molecule has 1 aromatic heterocycles. The fourth-order valence-corrected chi connectivity index (χ4v) is 2.90. The Balaban J connectivity index is 1.86. The number of carboxylic acid groups (broad SMARTS) is 1. The van der Waals surface area contributed by atoms with Crippen LogP contribution in [0.4, 0.5) is 0 Å². The first-order valence-corrected chi connectivity index (χ1v) is 8.53. The van der Waals surface area contributed by atoms with Gasteiger partial charge in [0.25, 0.3) is 0 Å². The largest absolute Gasteiger partial charge is 0.496 e. The van der Waals surface area contributed by atoms with Crippen molar-refractivity contribution in [1.82, 2.24) is 10.3 Å². The summed E-state index contributed by atoms with van der Waals surface area (Å²) in [6.45, 7) is 0.0866. The first-order valence-electron chi connectivity index (χ1n) is 7.58. The number of ether oxygens (including phenoxy) is 1. The van der Waals surface area contributed by atoms with Gasteiger partial charge in [-0.2, -0.15) is 0 Å². The molecule has 2 aromatic rings. The smallest absolute Gasteiger partial charge is 0.308 e. The minimum Gasteiger partial charge on any atom is -0.496 e. The minimum atomic E-state index is -0.944. The van der Waals surface area contributed by atoms with Crippen molar-refractivity contribution in [2.75, 3.05) is 13.7 Å². The molecule has 1 atom stereocenters. The summed E-state index contributed by atoms with van der Waals surface area (Å²) in [5.41, 5.74) is 3.41. The normalized spacial score (nSPS) is 11.7. The van der Waals surface area contributed by atoms with E-state index in [0.717, 1.165) is 11.3 Å². The molecule has 2 rings (SSSR count). The fraction of sp³-hybridized carbons (Fsp3) is 0.353. The van der Waals surface area contributed by atoms with Gasteiger partial charge in [-0.3, -0.25) is 9.59 Å². The van der Waals surface area contributed by atoms with Gasteiger partial charge in [-0.05, 0) is 24.5 Å². The van der Waals surface area contributed by atoms with Crippen LogP contribution in [0.2, 0.25) is 0 Å². The van der Waals surface area contributed by atoms with Gasteiger partial charge in [0.1, 0.15) is 5.75 Å². The summed E-state index contributed by atoms with van der Waals surface area (Å²) in [5.74, 6) is -1.17. The van der Waals surface area contributed by atoms with Crippen molar-refractivity contribution in [2.24, 2.45) is 5.92 Å². The van der Waals surface area contributed by atoms with E-state index in [9.17, 15) is 14.7 Å². The Morgan fingerprint density at radius 3 is 2.83 bits per heavy atom. The average molecular weight is 348 g/mol. The summed E-state index contributed by atoms with van der Waals surface area (Å²) in [6, 6.07) is 7.29. The molecule has 0 saturated carbocycles. The maximum Gasteiger partial charge on any atom is 0.308 e. The molecule has 0 radical (unpaired) electrons. The number of nitrogens with zero attached hydrogens (tertiary/aromatic N) is 1. The Hall–Kier alpha value is -2.41. The standard InChI is InChI=1S/C17H20N2O4S/c1-23-15-5-3-2-4-12(15)8-13(17(21)22)9-18-16(20)7-6-14-10-24-11-19-14/h2-5,10-11,13H,6-9H2,1H3,(H,18,20)(H,21,22). The van der Waals surface area contributed by atoms with E-state index < -0.39 is 11.9 Å². The Morgan fingerprint density at radius 1 is 1.38 bits per heavy atom. The predicted octanol–water partition coefficient (Wildman–Crippen LogP) is 2.14. The van der Waals surface area contributed by atoms with Crippen molar-refractivity contribution in [3.8, 4) is 5.75 Å². The zero-order valence-corrected chi connectivity index (χ0v) is 14.2. The lowest BCUT2D eigenvalue weighted by Crippen LogP contribution is -2.34. The number of rotatable bonds is 9. The van der Waals surface area contributed by atoms with Gasteiger partial charge in [0.15, 0.2) is 0 Å². The number of carbonyl (C=O) groups is 2. The topological polar surface area (TPSA) is 88.5 Å². The van der Waals surface area contributed by atoms with E-state index in [1.807, 2.05) is 23.6 Å². The number of hydrogen-bond donors (Lipinski definition) is 2. The minimum absolute atomic E-state index is 0.0866. The molecule has 1 amide bonds. The summed E-state index contributed by atoms with van der Waals surface area (Å²) in [7, 11) is 1.55. The SMILES string of the molecule is COc1ccccc1CC(CNC(=O)CCc1cscn1)C(=O)O. The van der Waals surface area contributed by atoms with Crippen molar-refractivity contribution in [3.05, 3.63) is 46.4 Å². The molecule has 0 saturated heterocycles. The number of para-hydroxylation sites is 1. The molecule has 0 spiro atoms. The van der Waals surface area contributed by atoms with E-state index in [-0.39, 0.29) is 12.5 Å². The molecule has 6 nitrogen and oxygen atoms in total. The molecule has 0 bridgehead atoms. The number of aryl methyl sites for hydroxylation is 1. The fourth-order valence-electron chi connectivity index (χ4n) is 2.31. The number of aliphatic carboxylic acids is 1. The summed E-state index contributed by atoms with van der Waals surface area (Å²) < 4.78 is 5.25. The molecule has 1 aromatic carbocycles. The van der Waals surface area contributed by atoms with Crippen LogP contribution in [0, 0.1) is 5.92 Å². The zero-order valence-electron chi connectivity index (χ0n) is 13.4. The van der Waals surface area contributed by atoms with E-state index in [4.69, 9.17) is 4.74 Å². The molecule has 128 valence electrons. The highest BCUT2D eigenvalue weighted by atomic mass is 32.1. The highest BCUT2D eigenvalue weighted by Crippen LogP contribution is 2.21. The van der Waals surface area contributed by atoms with Gasteiger partial charge in [0.2, 0.25) is 5.91 Å². The molecular formula is C17H20N2O4S. The molecule has 0 aliphatic rings. The van der Waals surface area contributed by atoms with Gasteiger partial charge in [0, 0.05) is 18.3 Å². The molecule has 2 N–H and O–H groups in total. The second-order valence-corrected chi connectivity index (χ2v) is 6.05. The number of nitrogens with one attached hydrogen (secondary N) is 1. The second kappa shape index (κ2) is 9.02. The first-order chi connectivity index (χ1) is 11.6. The quantitative estimate of drug-likeness (QED) is 0.725. The van der Waals surface area contributed by atoms with Gasteiger partial charge in [-0.25, -0.2) is 4.98 Å². The van der Waals surface area contributed by atoms with Gasteiger partial charge < -0.3 is 15.2 Å². The lowest BCUT2D eigenvalue weighted by Gasteiger charge is -2.15. The van der Waals surface area contributed by atoms with Crippen LogP contribution in [0.5, 0.6) is 5.75 Å². The molecule has 7 heteroatoms. The van der Waals surface area contributed by atoms with E-state index in [2.05, 4.69) is 10.3 Å². The van der Waals surface area contributed by atoms with Crippen molar-refractivity contribution in [3.63, 3.8) is 0 Å². The van der Waals surface area contributed by atoms with Gasteiger partial charge in [-0.1, -0.05) is 18.2 Å². The third-order valence-electron chi connectivity index (χ3n) is 3.65. The Bertz CT molecular complexity index is 673. The third kappa shape index (κ3) is 5.34. The number of carbonyl (C=O) groups excluding carboxylic acids is 1. The van der Waals surface area contributed by atoms with Crippen molar-refractivity contribution < 1.29 is 19.4 Å². The van der Waals surface area contributed by atoms with Crippen LogP contribution in [-0.4, -0.2) is 35.6 Å². The summed E-state index contributed by atoms with van der Waals surface area (Å²) in [5, 5.41) is 14.0. The summed E-state index contributed by atoms with van der Waals surface area (Å²) >= 11 is 1.49. The van der Waals surface area contributed by atoms with E-state index in [1.165, 1.54) is 11.3 Å². The summed E-state index contributed by atoms with van der Waals surface area (Å²) in [6.07, 6.45) is 1.15. The van der Waals surface area contributed by atoms with E-state index >= 15 is 0 Å². The predicted molar refractivity (Wildman–Crippen MR) is 91.3 cm³/mol. The van der Waals surface area contributed by atoms with Gasteiger partial charge >= 0.3 is 5.97 Å².